The number of nitrogens with zero attached hydrogens (tertiary/aromatic N) is 1. The summed E-state index contributed by atoms with van der Waals surface area (Å²) in [5.74, 6) is -0.115. The number of thiazole rings is 1. The van der Waals surface area contributed by atoms with Gasteiger partial charge in [0.15, 0.2) is 0 Å². The van der Waals surface area contributed by atoms with Crippen molar-refractivity contribution in [2.24, 2.45) is 0 Å². The van der Waals surface area contributed by atoms with Gasteiger partial charge in [-0.25, -0.2) is 4.98 Å². The minimum absolute atomic E-state index is 0.115. The van der Waals surface area contributed by atoms with Gasteiger partial charge in [0, 0.05) is 29.9 Å². The molecule has 2 heterocycles. The van der Waals surface area contributed by atoms with Gasteiger partial charge < -0.3 is 10.3 Å². The normalized spacial score (nSPS) is 10.2. The minimum Gasteiger partial charge on any atom is -0.367 e. The van der Waals surface area contributed by atoms with E-state index in [1.807, 2.05) is 25.4 Å². The maximum atomic E-state index is 11.5. The molecule has 1 amide bonds. The molecule has 5 heteroatoms. The second-order valence-corrected chi connectivity index (χ2v) is 3.86. The number of aromatic nitrogens is 2. The fraction of sp³-hybridized carbons (Fsp3) is 0.200. The van der Waals surface area contributed by atoms with Gasteiger partial charge in [0.1, 0.15) is 10.7 Å². The van der Waals surface area contributed by atoms with Gasteiger partial charge in [-0.15, -0.1) is 11.3 Å². The van der Waals surface area contributed by atoms with Crippen molar-refractivity contribution in [3.8, 4) is 10.6 Å². The summed E-state index contributed by atoms with van der Waals surface area (Å²) in [6.07, 6.45) is 3.70. The topological polar surface area (TPSA) is 57.8 Å². The van der Waals surface area contributed by atoms with Crippen LogP contribution in [-0.2, 0) is 0 Å². The van der Waals surface area contributed by atoms with Crippen LogP contribution in [0, 0.1) is 0 Å². The lowest BCUT2D eigenvalue weighted by Gasteiger charge is -1.95. The van der Waals surface area contributed by atoms with Crippen LogP contribution in [0.15, 0.2) is 23.8 Å². The highest BCUT2D eigenvalue weighted by Crippen LogP contribution is 2.22. The van der Waals surface area contributed by atoms with E-state index in [2.05, 4.69) is 15.3 Å². The van der Waals surface area contributed by atoms with Gasteiger partial charge in [-0.1, -0.05) is 0 Å². The molecule has 0 saturated carbocycles. The first kappa shape index (κ1) is 9.92. The van der Waals surface area contributed by atoms with E-state index >= 15 is 0 Å². The van der Waals surface area contributed by atoms with E-state index in [1.165, 1.54) is 11.3 Å². The fourth-order valence-electron chi connectivity index (χ4n) is 1.22. The maximum Gasteiger partial charge on any atom is 0.270 e. The van der Waals surface area contributed by atoms with Gasteiger partial charge in [-0.05, 0) is 13.0 Å². The third kappa shape index (κ3) is 2.07. The van der Waals surface area contributed by atoms with Crippen molar-refractivity contribution in [1.82, 2.24) is 15.3 Å². The highest BCUT2D eigenvalue weighted by Gasteiger charge is 2.10. The van der Waals surface area contributed by atoms with E-state index in [0.29, 0.717) is 12.2 Å². The number of nitrogens with one attached hydrogen (secondary N) is 2. The largest absolute Gasteiger partial charge is 0.367 e. The average Bonchev–Trinajstić information content (AvgIpc) is 2.89. The molecule has 0 atom stereocenters. The minimum atomic E-state index is -0.115. The molecule has 4 nitrogen and oxygen atoms in total. The Morgan fingerprint density at radius 3 is 3.20 bits per heavy atom. The summed E-state index contributed by atoms with van der Waals surface area (Å²) in [5, 5.41) is 5.35. The Hall–Kier alpha value is -1.62. The third-order valence-electron chi connectivity index (χ3n) is 1.92. The lowest BCUT2D eigenvalue weighted by Crippen LogP contribution is -2.22. The van der Waals surface area contributed by atoms with Gasteiger partial charge in [0.05, 0.1) is 0 Å². The number of hydrogen-bond donors (Lipinski definition) is 2. The standard InChI is InChI=1S/C10H11N3OS/c1-2-12-9(14)8-6-15-10(13-8)7-3-4-11-5-7/h3-6,11H,2H2,1H3,(H,12,14). The summed E-state index contributed by atoms with van der Waals surface area (Å²) in [4.78, 5) is 18.7. The highest BCUT2D eigenvalue weighted by atomic mass is 32.1. The molecule has 2 aromatic rings. The fourth-order valence-corrected chi connectivity index (χ4v) is 2.02. The van der Waals surface area contributed by atoms with Crippen molar-refractivity contribution in [3.05, 3.63) is 29.5 Å². The maximum absolute atomic E-state index is 11.5. The molecule has 0 fully saturated rings. The quantitative estimate of drug-likeness (QED) is 0.831. The van der Waals surface area contributed by atoms with E-state index < -0.39 is 0 Å². The first-order valence-electron chi connectivity index (χ1n) is 4.68. The van der Waals surface area contributed by atoms with Gasteiger partial charge >= 0.3 is 0 Å². The van der Waals surface area contributed by atoms with Crippen LogP contribution in [0.1, 0.15) is 17.4 Å². The molecule has 0 radical (unpaired) electrons. The van der Waals surface area contributed by atoms with Gasteiger partial charge in [0.25, 0.3) is 5.91 Å². The summed E-state index contributed by atoms with van der Waals surface area (Å²) in [7, 11) is 0. The Morgan fingerprint density at radius 2 is 2.53 bits per heavy atom. The Bertz CT molecular complexity index is 447. The molecule has 0 aliphatic carbocycles. The van der Waals surface area contributed by atoms with Crippen LogP contribution in [-0.4, -0.2) is 22.4 Å². The number of hydrogen-bond acceptors (Lipinski definition) is 3. The second-order valence-electron chi connectivity index (χ2n) is 3.00. The molecule has 0 aromatic carbocycles. The molecule has 0 spiro atoms. The molecule has 0 bridgehead atoms. The van der Waals surface area contributed by atoms with Crippen LogP contribution in [0.2, 0.25) is 0 Å². The Labute approximate surface area is 91.4 Å². The van der Waals surface area contributed by atoms with E-state index in [0.717, 1.165) is 10.6 Å². The zero-order valence-corrected chi connectivity index (χ0v) is 9.10. The third-order valence-corrected chi connectivity index (χ3v) is 2.81. The number of aromatic amines is 1. The summed E-state index contributed by atoms with van der Waals surface area (Å²) >= 11 is 1.47. The van der Waals surface area contributed by atoms with Crippen molar-refractivity contribution in [3.63, 3.8) is 0 Å². The molecule has 15 heavy (non-hydrogen) atoms. The Morgan fingerprint density at radius 1 is 1.67 bits per heavy atom. The van der Waals surface area contributed by atoms with E-state index in [-0.39, 0.29) is 5.91 Å². The number of H-pyrrole nitrogens is 1. The lowest BCUT2D eigenvalue weighted by molar-refractivity contribution is 0.0951. The number of rotatable bonds is 3. The molecular weight excluding hydrogens is 210 g/mol. The predicted octanol–water partition coefficient (Wildman–Crippen LogP) is 1.89. The molecule has 78 valence electrons. The Balaban J connectivity index is 2.21. The zero-order chi connectivity index (χ0) is 10.7. The van der Waals surface area contributed by atoms with E-state index in [1.54, 1.807) is 5.38 Å². The van der Waals surface area contributed by atoms with Crippen LogP contribution < -0.4 is 5.32 Å². The average molecular weight is 221 g/mol. The monoisotopic (exact) mass is 221 g/mol. The summed E-state index contributed by atoms with van der Waals surface area (Å²) < 4.78 is 0. The van der Waals surface area contributed by atoms with Gasteiger partial charge in [0.2, 0.25) is 0 Å². The molecule has 0 aliphatic heterocycles. The van der Waals surface area contributed by atoms with Crippen molar-refractivity contribution < 1.29 is 4.79 Å². The summed E-state index contributed by atoms with van der Waals surface area (Å²) in [6, 6.07) is 1.93. The smallest absolute Gasteiger partial charge is 0.270 e. The highest BCUT2D eigenvalue weighted by molar-refractivity contribution is 7.13. The van der Waals surface area contributed by atoms with Crippen LogP contribution in [0.25, 0.3) is 10.6 Å². The van der Waals surface area contributed by atoms with Crippen molar-refractivity contribution in [2.75, 3.05) is 6.54 Å². The van der Waals surface area contributed by atoms with Crippen LogP contribution in [0.4, 0.5) is 0 Å². The first-order chi connectivity index (χ1) is 7.31. The van der Waals surface area contributed by atoms with Gasteiger partial charge in [-0.2, -0.15) is 0 Å². The van der Waals surface area contributed by atoms with E-state index in [9.17, 15) is 4.79 Å². The first-order valence-corrected chi connectivity index (χ1v) is 5.56. The van der Waals surface area contributed by atoms with Crippen LogP contribution >= 0.6 is 11.3 Å². The Kier molecular flexibility index (Phi) is 2.82. The van der Waals surface area contributed by atoms with Crippen LogP contribution in [0.3, 0.4) is 0 Å². The molecule has 2 N–H and O–H groups in total. The summed E-state index contributed by atoms with van der Waals surface area (Å²) in [6.45, 7) is 2.51. The molecule has 2 aromatic heterocycles. The zero-order valence-electron chi connectivity index (χ0n) is 8.28. The second kappa shape index (κ2) is 4.27. The molecular formula is C10H11N3OS. The number of carbonyl (C=O) groups excluding carboxylic acids is 1. The lowest BCUT2D eigenvalue weighted by atomic mass is 10.3. The van der Waals surface area contributed by atoms with Crippen molar-refractivity contribution in [1.29, 1.82) is 0 Å². The van der Waals surface area contributed by atoms with Crippen molar-refractivity contribution in [2.45, 2.75) is 6.92 Å². The SMILES string of the molecule is CCNC(=O)c1csc(-c2cc[nH]c2)n1. The predicted molar refractivity (Wildman–Crippen MR) is 59.9 cm³/mol. The number of amides is 1. The van der Waals surface area contributed by atoms with Gasteiger partial charge in [-0.3, -0.25) is 4.79 Å². The van der Waals surface area contributed by atoms with Crippen molar-refractivity contribution >= 4 is 17.2 Å². The molecule has 0 aliphatic rings. The molecule has 2 rings (SSSR count). The molecule has 0 saturated heterocycles. The molecule has 0 unspecified atom stereocenters. The number of carbonyl (C=O) groups is 1. The van der Waals surface area contributed by atoms with E-state index in [4.69, 9.17) is 0 Å². The summed E-state index contributed by atoms with van der Waals surface area (Å²) in [5.41, 5.74) is 1.49. The van der Waals surface area contributed by atoms with Crippen LogP contribution in [0.5, 0.6) is 0 Å².